The molecule has 1 amide bonds. The molecule has 154 valence electrons. The van der Waals surface area contributed by atoms with E-state index in [1.165, 1.54) is 16.4 Å². The van der Waals surface area contributed by atoms with E-state index >= 15 is 0 Å². The molecule has 0 radical (unpaired) electrons. The van der Waals surface area contributed by atoms with E-state index in [0.717, 1.165) is 24.0 Å². The van der Waals surface area contributed by atoms with Crippen molar-refractivity contribution in [2.24, 2.45) is 0 Å². The SMILES string of the molecule is CC(C)N(C)S(=O)(=O)c1ccc(C(=O)NCCCn2cnc3ccccc32)cc1. The number of hydrogen-bond donors (Lipinski definition) is 1. The molecular weight excluding hydrogens is 388 g/mol. The Balaban J connectivity index is 1.54. The van der Waals surface area contributed by atoms with Crippen LogP contribution >= 0.6 is 0 Å². The predicted octanol–water partition coefficient (Wildman–Crippen LogP) is 2.89. The summed E-state index contributed by atoms with van der Waals surface area (Å²) in [5.74, 6) is -0.221. The molecule has 8 heteroatoms. The number of sulfonamides is 1. The highest BCUT2D eigenvalue weighted by Gasteiger charge is 2.23. The van der Waals surface area contributed by atoms with Crippen LogP contribution in [0.2, 0.25) is 0 Å². The Morgan fingerprint density at radius 3 is 2.52 bits per heavy atom. The molecule has 29 heavy (non-hydrogen) atoms. The number of nitrogens with zero attached hydrogens (tertiary/aromatic N) is 3. The van der Waals surface area contributed by atoms with Crippen LogP contribution in [0.3, 0.4) is 0 Å². The van der Waals surface area contributed by atoms with Crippen LogP contribution in [0.25, 0.3) is 11.0 Å². The average molecular weight is 415 g/mol. The third-order valence-corrected chi connectivity index (χ3v) is 6.96. The van der Waals surface area contributed by atoms with Crippen molar-refractivity contribution in [2.75, 3.05) is 13.6 Å². The first-order chi connectivity index (χ1) is 13.8. The fourth-order valence-electron chi connectivity index (χ4n) is 2.96. The normalized spacial score (nSPS) is 12.0. The zero-order valence-electron chi connectivity index (χ0n) is 16.9. The van der Waals surface area contributed by atoms with Gasteiger partial charge in [-0.3, -0.25) is 4.79 Å². The zero-order chi connectivity index (χ0) is 21.0. The lowest BCUT2D eigenvalue weighted by molar-refractivity contribution is 0.0952. The van der Waals surface area contributed by atoms with Gasteiger partial charge in [-0.05, 0) is 56.7 Å². The highest BCUT2D eigenvalue weighted by Crippen LogP contribution is 2.17. The number of rotatable bonds is 8. The van der Waals surface area contributed by atoms with Crippen molar-refractivity contribution in [3.05, 3.63) is 60.4 Å². The molecule has 3 aromatic rings. The van der Waals surface area contributed by atoms with Crippen LogP contribution in [-0.2, 0) is 16.6 Å². The summed E-state index contributed by atoms with van der Waals surface area (Å²) < 4.78 is 28.3. The predicted molar refractivity (Wildman–Crippen MR) is 113 cm³/mol. The minimum atomic E-state index is -3.55. The van der Waals surface area contributed by atoms with Crippen molar-refractivity contribution in [2.45, 2.75) is 37.8 Å². The van der Waals surface area contributed by atoms with Gasteiger partial charge in [-0.15, -0.1) is 0 Å². The maximum absolute atomic E-state index is 12.5. The molecule has 0 bridgehead atoms. The number of aromatic nitrogens is 2. The summed E-state index contributed by atoms with van der Waals surface area (Å²) in [4.78, 5) is 16.9. The number of imidazole rings is 1. The molecule has 0 aliphatic carbocycles. The summed E-state index contributed by atoms with van der Waals surface area (Å²) >= 11 is 0. The van der Waals surface area contributed by atoms with Gasteiger partial charge in [0.1, 0.15) is 0 Å². The van der Waals surface area contributed by atoms with Crippen LogP contribution in [-0.4, -0.2) is 47.8 Å². The van der Waals surface area contributed by atoms with E-state index in [1.807, 2.05) is 38.1 Å². The number of carbonyl (C=O) groups is 1. The summed E-state index contributed by atoms with van der Waals surface area (Å²) in [6.07, 6.45) is 2.57. The standard InChI is InChI=1S/C21H26N4O3S/c1-16(2)24(3)29(27,28)18-11-9-17(10-12-18)21(26)22-13-6-14-25-15-23-19-7-4-5-8-20(19)25/h4-5,7-12,15-16H,6,13-14H2,1-3H3,(H,22,26). The Labute approximate surface area is 171 Å². The van der Waals surface area contributed by atoms with Gasteiger partial charge in [-0.25, -0.2) is 13.4 Å². The summed E-state index contributed by atoms with van der Waals surface area (Å²) in [5.41, 5.74) is 2.46. The monoisotopic (exact) mass is 414 g/mol. The Morgan fingerprint density at radius 2 is 1.83 bits per heavy atom. The summed E-state index contributed by atoms with van der Waals surface area (Å²) in [5, 5.41) is 2.88. The first-order valence-electron chi connectivity index (χ1n) is 9.57. The van der Waals surface area contributed by atoms with E-state index in [0.29, 0.717) is 12.1 Å². The van der Waals surface area contributed by atoms with E-state index in [4.69, 9.17) is 0 Å². The van der Waals surface area contributed by atoms with E-state index in [2.05, 4.69) is 14.9 Å². The Bertz CT molecular complexity index is 1090. The third-order valence-electron chi connectivity index (χ3n) is 4.91. The molecule has 0 fully saturated rings. The average Bonchev–Trinajstić information content (AvgIpc) is 3.13. The van der Waals surface area contributed by atoms with Crippen LogP contribution in [0, 0.1) is 0 Å². The van der Waals surface area contributed by atoms with Crippen molar-refractivity contribution in [3.8, 4) is 0 Å². The quantitative estimate of drug-likeness (QED) is 0.575. The van der Waals surface area contributed by atoms with E-state index < -0.39 is 10.0 Å². The molecular formula is C21H26N4O3S. The molecule has 0 saturated heterocycles. The highest BCUT2D eigenvalue weighted by atomic mass is 32.2. The van der Waals surface area contributed by atoms with Gasteiger partial charge in [0.25, 0.3) is 5.91 Å². The van der Waals surface area contributed by atoms with Crippen molar-refractivity contribution in [3.63, 3.8) is 0 Å². The maximum Gasteiger partial charge on any atom is 0.251 e. The second-order valence-electron chi connectivity index (χ2n) is 7.18. The highest BCUT2D eigenvalue weighted by molar-refractivity contribution is 7.89. The molecule has 1 aromatic heterocycles. The van der Waals surface area contributed by atoms with Crippen LogP contribution in [0.1, 0.15) is 30.6 Å². The summed E-state index contributed by atoms with van der Waals surface area (Å²) in [7, 11) is -2.01. The van der Waals surface area contributed by atoms with Crippen LogP contribution in [0.4, 0.5) is 0 Å². The number of nitrogens with one attached hydrogen (secondary N) is 1. The first-order valence-corrected chi connectivity index (χ1v) is 11.0. The molecule has 1 N–H and O–H groups in total. The molecule has 0 unspecified atom stereocenters. The third kappa shape index (κ3) is 4.65. The van der Waals surface area contributed by atoms with Gasteiger partial charge in [-0.1, -0.05) is 12.1 Å². The molecule has 1 heterocycles. The second-order valence-corrected chi connectivity index (χ2v) is 9.17. The smallest absolute Gasteiger partial charge is 0.251 e. The van der Waals surface area contributed by atoms with Gasteiger partial charge in [0.05, 0.1) is 22.3 Å². The van der Waals surface area contributed by atoms with Gasteiger partial charge in [0.15, 0.2) is 0 Å². The summed E-state index contributed by atoms with van der Waals surface area (Å²) in [6.45, 7) is 4.89. The summed E-state index contributed by atoms with van der Waals surface area (Å²) in [6, 6.07) is 13.8. The molecule has 2 aromatic carbocycles. The number of hydrogen-bond acceptors (Lipinski definition) is 4. The molecule has 0 spiro atoms. The van der Waals surface area contributed by atoms with Crippen LogP contribution in [0.15, 0.2) is 59.8 Å². The molecule has 0 saturated carbocycles. The lowest BCUT2D eigenvalue weighted by Gasteiger charge is -2.21. The van der Waals surface area contributed by atoms with Crippen molar-refractivity contribution < 1.29 is 13.2 Å². The van der Waals surface area contributed by atoms with E-state index in [9.17, 15) is 13.2 Å². The van der Waals surface area contributed by atoms with Gasteiger partial charge >= 0.3 is 0 Å². The number of fused-ring (bicyclic) bond motifs is 1. The fraction of sp³-hybridized carbons (Fsp3) is 0.333. The molecule has 0 atom stereocenters. The largest absolute Gasteiger partial charge is 0.352 e. The second kappa shape index (κ2) is 8.75. The topological polar surface area (TPSA) is 84.3 Å². The minimum Gasteiger partial charge on any atom is -0.352 e. The lowest BCUT2D eigenvalue weighted by Crippen LogP contribution is -2.33. The van der Waals surface area contributed by atoms with E-state index in [-0.39, 0.29) is 16.8 Å². The number of carbonyl (C=O) groups excluding carboxylic acids is 1. The maximum atomic E-state index is 12.5. The van der Waals surface area contributed by atoms with Gasteiger partial charge in [0.2, 0.25) is 10.0 Å². The molecule has 0 aliphatic heterocycles. The zero-order valence-corrected chi connectivity index (χ0v) is 17.7. The Hall–Kier alpha value is -2.71. The molecule has 7 nitrogen and oxygen atoms in total. The van der Waals surface area contributed by atoms with Gasteiger partial charge in [-0.2, -0.15) is 4.31 Å². The van der Waals surface area contributed by atoms with Gasteiger partial charge in [0, 0.05) is 31.7 Å². The number of para-hydroxylation sites is 2. The minimum absolute atomic E-state index is 0.143. The number of amides is 1. The van der Waals surface area contributed by atoms with Crippen molar-refractivity contribution in [1.29, 1.82) is 0 Å². The number of benzene rings is 2. The number of aryl methyl sites for hydroxylation is 1. The molecule has 0 aliphatic rings. The Morgan fingerprint density at radius 1 is 1.14 bits per heavy atom. The fourth-order valence-corrected chi connectivity index (χ4v) is 4.33. The van der Waals surface area contributed by atoms with Crippen LogP contribution < -0.4 is 5.32 Å². The van der Waals surface area contributed by atoms with Crippen molar-refractivity contribution in [1.82, 2.24) is 19.2 Å². The Kier molecular flexibility index (Phi) is 6.34. The molecule has 3 rings (SSSR count). The van der Waals surface area contributed by atoms with Gasteiger partial charge < -0.3 is 9.88 Å². The van der Waals surface area contributed by atoms with Crippen molar-refractivity contribution >= 4 is 27.0 Å². The van der Waals surface area contributed by atoms with E-state index in [1.54, 1.807) is 25.5 Å². The van der Waals surface area contributed by atoms with Crippen LogP contribution in [0.5, 0.6) is 0 Å². The first kappa shape index (κ1) is 21.0. The lowest BCUT2D eigenvalue weighted by atomic mass is 10.2.